The van der Waals surface area contributed by atoms with Gasteiger partial charge in [0.05, 0.1) is 24.9 Å². The summed E-state index contributed by atoms with van der Waals surface area (Å²) in [6, 6.07) is 8.17. The molecule has 28 heavy (non-hydrogen) atoms. The number of morpholine rings is 1. The molecule has 6 nitrogen and oxygen atoms in total. The first-order valence-electron chi connectivity index (χ1n) is 8.65. The number of aromatic nitrogens is 1. The number of benzene rings is 1. The zero-order valence-corrected chi connectivity index (χ0v) is 17.6. The Morgan fingerprint density at radius 1 is 1.46 bits per heavy atom. The standard InChI is InChI=1S/C19H17FIN3O3S/c20-13-8-11(21)3-4-14(13)23-19-16(12-2-1-5-22-18(12)28-19)17-15(9-25)24(10-26)6-7-27-17/h1-5,8,10,15,17,23,25H,6-7,9H2/t15-,17?/m0/s1. The van der Waals surface area contributed by atoms with Gasteiger partial charge in [-0.1, -0.05) is 11.3 Å². The quantitative estimate of drug-likeness (QED) is 0.403. The number of thiophene rings is 1. The van der Waals surface area contributed by atoms with E-state index < -0.39 is 12.1 Å². The third-order valence-electron chi connectivity index (χ3n) is 4.71. The number of anilines is 2. The van der Waals surface area contributed by atoms with Crippen LogP contribution in [0.15, 0.2) is 36.5 Å². The molecule has 2 aromatic heterocycles. The first-order chi connectivity index (χ1) is 13.6. The Morgan fingerprint density at radius 3 is 3.07 bits per heavy atom. The number of halogens is 2. The Kier molecular flexibility index (Phi) is 5.76. The molecule has 0 saturated carbocycles. The number of nitrogens with zero attached hydrogens (tertiary/aromatic N) is 2. The maximum Gasteiger partial charge on any atom is 0.210 e. The number of fused-ring (bicyclic) bond motifs is 1. The third-order valence-corrected chi connectivity index (χ3v) is 6.43. The van der Waals surface area contributed by atoms with Crippen LogP contribution < -0.4 is 5.32 Å². The maximum absolute atomic E-state index is 14.4. The van der Waals surface area contributed by atoms with Crippen LogP contribution in [0.2, 0.25) is 0 Å². The van der Waals surface area contributed by atoms with Crippen molar-refractivity contribution in [2.75, 3.05) is 25.1 Å². The molecule has 1 amide bonds. The number of rotatable bonds is 5. The van der Waals surface area contributed by atoms with Gasteiger partial charge in [0.25, 0.3) is 0 Å². The highest BCUT2D eigenvalue weighted by atomic mass is 127. The van der Waals surface area contributed by atoms with Gasteiger partial charge in [0.1, 0.15) is 21.8 Å². The molecule has 0 aliphatic carbocycles. The monoisotopic (exact) mass is 513 g/mol. The van der Waals surface area contributed by atoms with E-state index in [0.717, 1.165) is 25.8 Å². The minimum Gasteiger partial charge on any atom is -0.394 e. The zero-order valence-electron chi connectivity index (χ0n) is 14.6. The van der Waals surface area contributed by atoms with Crippen molar-refractivity contribution in [3.63, 3.8) is 0 Å². The molecule has 4 rings (SSSR count). The summed E-state index contributed by atoms with van der Waals surface area (Å²) in [5, 5.41) is 14.6. The van der Waals surface area contributed by atoms with Crippen molar-refractivity contribution in [2.24, 2.45) is 0 Å². The lowest BCUT2D eigenvalue weighted by atomic mass is 9.99. The molecule has 0 radical (unpaired) electrons. The molecule has 3 aromatic rings. The highest BCUT2D eigenvalue weighted by Crippen LogP contribution is 2.44. The first kappa shape index (κ1) is 19.5. The molecule has 146 valence electrons. The minimum absolute atomic E-state index is 0.238. The second kappa shape index (κ2) is 8.27. The molecular weight excluding hydrogens is 496 g/mol. The average Bonchev–Trinajstić information content (AvgIpc) is 3.07. The summed E-state index contributed by atoms with van der Waals surface area (Å²) < 4.78 is 21.2. The fourth-order valence-electron chi connectivity index (χ4n) is 3.38. The number of hydrogen-bond donors (Lipinski definition) is 2. The maximum atomic E-state index is 14.4. The van der Waals surface area contributed by atoms with Crippen LogP contribution in [-0.2, 0) is 9.53 Å². The number of carbonyl (C=O) groups excluding carboxylic acids is 1. The average molecular weight is 513 g/mol. The lowest BCUT2D eigenvalue weighted by Crippen LogP contribution is -2.48. The zero-order chi connectivity index (χ0) is 19.7. The molecule has 2 N–H and O–H groups in total. The lowest BCUT2D eigenvalue weighted by molar-refractivity contribution is -0.136. The molecule has 9 heteroatoms. The highest BCUT2D eigenvalue weighted by molar-refractivity contribution is 14.1. The van der Waals surface area contributed by atoms with Gasteiger partial charge < -0.3 is 20.1 Å². The van der Waals surface area contributed by atoms with Crippen LogP contribution in [0.1, 0.15) is 11.7 Å². The van der Waals surface area contributed by atoms with Gasteiger partial charge in [-0.2, -0.15) is 0 Å². The minimum atomic E-state index is -0.545. The summed E-state index contributed by atoms with van der Waals surface area (Å²) in [6.45, 7) is 0.535. The number of nitrogens with one attached hydrogen (secondary N) is 1. The van der Waals surface area contributed by atoms with E-state index in [4.69, 9.17) is 4.74 Å². The molecule has 1 aromatic carbocycles. The predicted octanol–water partition coefficient (Wildman–Crippen LogP) is 3.67. The largest absolute Gasteiger partial charge is 0.394 e. The van der Waals surface area contributed by atoms with Crippen LogP contribution in [0, 0.1) is 9.39 Å². The van der Waals surface area contributed by atoms with E-state index in [2.05, 4.69) is 32.9 Å². The van der Waals surface area contributed by atoms with Gasteiger partial charge in [-0.05, 0) is 52.9 Å². The molecule has 1 saturated heterocycles. The van der Waals surface area contributed by atoms with Crippen LogP contribution in [0.5, 0.6) is 0 Å². The number of ether oxygens (including phenoxy) is 1. The van der Waals surface area contributed by atoms with Crippen molar-refractivity contribution in [3.8, 4) is 0 Å². The lowest BCUT2D eigenvalue weighted by Gasteiger charge is -2.38. The summed E-state index contributed by atoms with van der Waals surface area (Å²) in [6.07, 6.45) is 1.88. The molecule has 1 unspecified atom stereocenters. The van der Waals surface area contributed by atoms with E-state index >= 15 is 0 Å². The van der Waals surface area contributed by atoms with E-state index in [1.54, 1.807) is 17.2 Å². The number of carbonyl (C=O) groups is 1. The molecule has 1 aliphatic heterocycles. The van der Waals surface area contributed by atoms with E-state index in [9.17, 15) is 14.3 Å². The van der Waals surface area contributed by atoms with Crippen LogP contribution in [0.25, 0.3) is 10.2 Å². The van der Waals surface area contributed by atoms with Crippen molar-refractivity contribution in [1.82, 2.24) is 9.88 Å². The summed E-state index contributed by atoms with van der Waals surface area (Å²) in [7, 11) is 0. The van der Waals surface area contributed by atoms with Gasteiger partial charge in [-0.3, -0.25) is 4.79 Å². The molecular formula is C19H17FIN3O3S. The number of pyridine rings is 1. The molecule has 0 bridgehead atoms. The van der Waals surface area contributed by atoms with Gasteiger partial charge in [0.15, 0.2) is 0 Å². The van der Waals surface area contributed by atoms with Gasteiger partial charge in [0.2, 0.25) is 6.41 Å². The first-order valence-corrected chi connectivity index (χ1v) is 10.5. The Hall–Kier alpha value is -1.82. The molecule has 3 heterocycles. The Morgan fingerprint density at radius 2 is 2.32 bits per heavy atom. The normalized spacial score (nSPS) is 19.8. The van der Waals surface area contributed by atoms with Crippen molar-refractivity contribution in [1.29, 1.82) is 0 Å². The summed E-state index contributed by atoms with van der Waals surface area (Å²) in [5.74, 6) is -0.360. The molecule has 0 spiro atoms. The van der Waals surface area contributed by atoms with E-state index in [-0.39, 0.29) is 12.4 Å². The number of aliphatic hydroxyl groups is 1. The van der Waals surface area contributed by atoms with Gasteiger partial charge in [-0.25, -0.2) is 9.37 Å². The second-order valence-corrected chi connectivity index (χ2v) is 8.58. The van der Waals surface area contributed by atoms with Gasteiger partial charge in [-0.15, -0.1) is 0 Å². The SMILES string of the molecule is O=CN1CCOC(c2c(Nc3ccc(I)cc3F)sc3ncccc23)[C@@H]1CO. The second-order valence-electron chi connectivity index (χ2n) is 6.33. The Bertz CT molecular complexity index is 1020. The predicted molar refractivity (Wildman–Crippen MR) is 114 cm³/mol. The van der Waals surface area contributed by atoms with Crippen molar-refractivity contribution in [2.45, 2.75) is 12.1 Å². The van der Waals surface area contributed by atoms with Gasteiger partial charge in [0, 0.05) is 27.3 Å². The smallest absolute Gasteiger partial charge is 0.210 e. The van der Waals surface area contributed by atoms with E-state index in [1.165, 1.54) is 17.4 Å². The Balaban J connectivity index is 1.82. The van der Waals surface area contributed by atoms with Crippen LogP contribution >= 0.6 is 33.9 Å². The molecule has 1 fully saturated rings. The van der Waals surface area contributed by atoms with Crippen LogP contribution in [0.3, 0.4) is 0 Å². The van der Waals surface area contributed by atoms with E-state index in [1.807, 2.05) is 18.2 Å². The van der Waals surface area contributed by atoms with Crippen molar-refractivity contribution < 1.29 is 19.0 Å². The fraction of sp³-hybridized carbons (Fsp3) is 0.263. The highest BCUT2D eigenvalue weighted by Gasteiger charge is 2.36. The number of aliphatic hydroxyl groups excluding tert-OH is 1. The van der Waals surface area contributed by atoms with Crippen molar-refractivity contribution in [3.05, 3.63) is 51.5 Å². The Labute approximate surface area is 178 Å². The topological polar surface area (TPSA) is 74.7 Å². The summed E-state index contributed by atoms with van der Waals surface area (Å²) in [4.78, 5) is 18.2. The number of hydrogen-bond acceptors (Lipinski definition) is 6. The number of amides is 1. The van der Waals surface area contributed by atoms with Crippen molar-refractivity contribution >= 4 is 61.2 Å². The van der Waals surface area contributed by atoms with Gasteiger partial charge >= 0.3 is 0 Å². The third kappa shape index (κ3) is 3.59. The summed E-state index contributed by atoms with van der Waals surface area (Å²) in [5.41, 5.74) is 1.12. The molecule has 2 atom stereocenters. The van der Waals surface area contributed by atoms with Crippen LogP contribution in [-0.4, -0.2) is 47.2 Å². The molecule has 1 aliphatic rings. The van der Waals surface area contributed by atoms with E-state index in [0.29, 0.717) is 23.8 Å². The van der Waals surface area contributed by atoms with Crippen LogP contribution in [0.4, 0.5) is 15.1 Å². The fourth-order valence-corrected chi connectivity index (χ4v) is 4.93. The summed E-state index contributed by atoms with van der Waals surface area (Å²) >= 11 is 3.45.